The van der Waals surface area contributed by atoms with Crippen LogP contribution in [0.25, 0.3) is 11.4 Å². The predicted octanol–water partition coefficient (Wildman–Crippen LogP) is 2.23. The lowest BCUT2D eigenvalue weighted by molar-refractivity contribution is -0.00914. The van der Waals surface area contributed by atoms with Crippen molar-refractivity contribution >= 4 is 6.03 Å². The molecule has 7 nitrogen and oxygen atoms in total. The summed E-state index contributed by atoms with van der Waals surface area (Å²) in [6.07, 6.45) is 6.17. The average Bonchev–Trinajstić information content (AvgIpc) is 3.35. The molecule has 1 saturated heterocycles. The van der Waals surface area contributed by atoms with E-state index in [2.05, 4.69) is 25.8 Å². The summed E-state index contributed by atoms with van der Waals surface area (Å²) in [5.41, 5.74) is 1.97. The second-order valence-electron chi connectivity index (χ2n) is 6.83. The first-order valence-corrected chi connectivity index (χ1v) is 8.88. The first-order chi connectivity index (χ1) is 12.3. The number of urea groups is 1. The van der Waals surface area contributed by atoms with Crippen LogP contribution in [-0.4, -0.2) is 40.0 Å². The van der Waals surface area contributed by atoms with Crippen molar-refractivity contribution in [3.05, 3.63) is 36.2 Å². The van der Waals surface area contributed by atoms with Crippen molar-refractivity contribution in [1.29, 1.82) is 0 Å². The lowest BCUT2D eigenvalue weighted by atomic mass is 10.0. The number of amides is 2. The normalized spacial score (nSPS) is 23.2. The zero-order chi connectivity index (χ0) is 17.1. The Hall–Kier alpha value is -2.41. The number of benzene rings is 1. The smallest absolute Gasteiger partial charge is 0.315 e. The van der Waals surface area contributed by atoms with Gasteiger partial charge in [0.1, 0.15) is 6.33 Å². The molecule has 1 aliphatic carbocycles. The fourth-order valence-corrected chi connectivity index (χ4v) is 3.35. The molecule has 1 aromatic heterocycles. The maximum Gasteiger partial charge on any atom is 0.315 e. The van der Waals surface area contributed by atoms with Gasteiger partial charge in [0.2, 0.25) is 0 Å². The highest BCUT2D eigenvalue weighted by molar-refractivity contribution is 5.74. The zero-order valence-electron chi connectivity index (χ0n) is 14.1. The lowest BCUT2D eigenvalue weighted by Crippen LogP contribution is -2.46. The largest absolute Gasteiger partial charge is 0.378 e. The van der Waals surface area contributed by atoms with Gasteiger partial charge in [-0.15, -0.1) is 0 Å². The van der Waals surface area contributed by atoms with Crippen LogP contribution in [0.1, 0.15) is 31.2 Å². The van der Waals surface area contributed by atoms with Gasteiger partial charge in [0, 0.05) is 24.8 Å². The number of carbonyl (C=O) groups is 1. The van der Waals surface area contributed by atoms with Gasteiger partial charge in [0.15, 0.2) is 5.82 Å². The summed E-state index contributed by atoms with van der Waals surface area (Å²) in [4.78, 5) is 16.3. The van der Waals surface area contributed by atoms with E-state index in [4.69, 9.17) is 4.74 Å². The number of aromatic nitrogens is 3. The van der Waals surface area contributed by atoms with Crippen molar-refractivity contribution in [2.75, 3.05) is 6.61 Å². The molecule has 1 aromatic carbocycles. The van der Waals surface area contributed by atoms with Crippen LogP contribution < -0.4 is 10.6 Å². The number of nitrogens with one attached hydrogen (secondary N) is 3. The summed E-state index contributed by atoms with van der Waals surface area (Å²) < 4.78 is 5.81. The van der Waals surface area contributed by atoms with Crippen LogP contribution >= 0.6 is 0 Å². The second-order valence-corrected chi connectivity index (χ2v) is 6.83. The number of ether oxygens (including phenoxy) is 1. The van der Waals surface area contributed by atoms with Gasteiger partial charge in [-0.2, -0.15) is 5.10 Å². The molecule has 25 heavy (non-hydrogen) atoms. The van der Waals surface area contributed by atoms with Crippen LogP contribution in [0.15, 0.2) is 30.6 Å². The van der Waals surface area contributed by atoms with E-state index in [1.807, 2.05) is 24.3 Å². The summed E-state index contributed by atoms with van der Waals surface area (Å²) in [6, 6.07) is 7.98. The molecule has 7 heteroatoms. The van der Waals surface area contributed by atoms with Crippen LogP contribution in [0, 0.1) is 5.92 Å². The molecule has 2 aliphatic rings. The van der Waals surface area contributed by atoms with E-state index in [-0.39, 0.29) is 12.1 Å². The maximum absolute atomic E-state index is 12.2. The van der Waals surface area contributed by atoms with Gasteiger partial charge in [-0.25, -0.2) is 9.78 Å². The van der Waals surface area contributed by atoms with Crippen LogP contribution in [0.5, 0.6) is 0 Å². The Balaban J connectivity index is 1.28. The Morgan fingerprint density at radius 2 is 2.24 bits per heavy atom. The highest BCUT2D eigenvalue weighted by atomic mass is 16.5. The monoisotopic (exact) mass is 341 g/mol. The molecule has 0 unspecified atom stereocenters. The number of carbonyl (C=O) groups excluding carboxylic acids is 1. The van der Waals surface area contributed by atoms with E-state index < -0.39 is 0 Å². The number of H-pyrrole nitrogens is 1. The van der Waals surface area contributed by atoms with Crippen LogP contribution in [0.4, 0.5) is 4.79 Å². The highest BCUT2D eigenvalue weighted by Gasteiger charge is 2.36. The van der Waals surface area contributed by atoms with E-state index >= 15 is 0 Å². The molecule has 0 spiro atoms. The summed E-state index contributed by atoms with van der Waals surface area (Å²) in [5, 5.41) is 12.7. The van der Waals surface area contributed by atoms with Gasteiger partial charge < -0.3 is 15.4 Å². The Labute approximate surface area is 146 Å². The molecule has 2 fully saturated rings. The first-order valence-electron chi connectivity index (χ1n) is 8.88. The third-order valence-electron chi connectivity index (χ3n) is 4.87. The number of aromatic amines is 1. The van der Waals surface area contributed by atoms with Crippen molar-refractivity contribution in [3.63, 3.8) is 0 Å². The molecule has 1 saturated carbocycles. The Bertz CT molecular complexity index is 714. The minimum Gasteiger partial charge on any atom is -0.378 e. The molecular weight excluding hydrogens is 318 g/mol. The van der Waals surface area contributed by atoms with Gasteiger partial charge in [0.05, 0.1) is 6.10 Å². The highest BCUT2D eigenvalue weighted by Crippen LogP contribution is 2.38. The zero-order valence-corrected chi connectivity index (χ0v) is 14.1. The molecular formula is C18H23N5O2. The third-order valence-corrected chi connectivity index (χ3v) is 4.87. The third kappa shape index (κ3) is 4.17. The summed E-state index contributed by atoms with van der Waals surface area (Å²) in [5.74, 6) is 1.44. The standard InChI is InChI=1S/C18H23N5O2/c24-18(22-15-6-7-25-16(9-15)13-4-5-13)19-10-12-2-1-3-14(8-12)17-20-11-21-23-17/h1-3,8,11,13,15-16H,4-7,9-10H2,(H2,19,22,24)(H,20,21,23)/t15-,16-/m1/s1. The van der Waals surface area contributed by atoms with Crippen LogP contribution in [0.2, 0.25) is 0 Å². The van der Waals surface area contributed by atoms with Crippen molar-refractivity contribution in [3.8, 4) is 11.4 Å². The molecule has 0 bridgehead atoms. The van der Waals surface area contributed by atoms with Crippen LogP contribution in [-0.2, 0) is 11.3 Å². The molecule has 1 aliphatic heterocycles. The summed E-state index contributed by atoms with van der Waals surface area (Å²) >= 11 is 0. The minimum atomic E-state index is -0.119. The van der Waals surface area contributed by atoms with Gasteiger partial charge in [-0.3, -0.25) is 5.10 Å². The Morgan fingerprint density at radius 1 is 1.32 bits per heavy atom. The molecule has 4 rings (SSSR count). The summed E-state index contributed by atoms with van der Waals surface area (Å²) in [6.45, 7) is 1.22. The van der Waals surface area contributed by atoms with Crippen molar-refractivity contribution in [1.82, 2.24) is 25.8 Å². The van der Waals surface area contributed by atoms with Crippen molar-refractivity contribution < 1.29 is 9.53 Å². The van der Waals surface area contributed by atoms with Gasteiger partial charge in [-0.05, 0) is 43.2 Å². The van der Waals surface area contributed by atoms with E-state index in [0.717, 1.165) is 36.4 Å². The molecule has 3 N–H and O–H groups in total. The number of rotatable bonds is 5. The Morgan fingerprint density at radius 3 is 3.04 bits per heavy atom. The van der Waals surface area contributed by atoms with Crippen molar-refractivity contribution in [2.45, 2.75) is 44.4 Å². The summed E-state index contributed by atoms with van der Waals surface area (Å²) in [7, 11) is 0. The van der Waals surface area contributed by atoms with E-state index in [9.17, 15) is 4.79 Å². The van der Waals surface area contributed by atoms with Gasteiger partial charge >= 0.3 is 6.03 Å². The fraction of sp³-hybridized carbons (Fsp3) is 0.500. The predicted molar refractivity (Wildman–Crippen MR) is 92.7 cm³/mol. The number of hydrogen-bond donors (Lipinski definition) is 3. The van der Waals surface area contributed by atoms with Crippen molar-refractivity contribution in [2.24, 2.45) is 5.92 Å². The van der Waals surface area contributed by atoms with E-state index in [1.54, 1.807) is 0 Å². The number of nitrogens with zero attached hydrogens (tertiary/aromatic N) is 2. The maximum atomic E-state index is 12.2. The SMILES string of the molecule is O=C(NCc1cccc(-c2ncn[nH]2)c1)N[C@@H]1CCO[C@@H](C2CC2)C1. The topological polar surface area (TPSA) is 91.9 Å². The molecule has 2 atom stereocenters. The molecule has 2 amide bonds. The number of hydrogen-bond acceptors (Lipinski definition) is 4. The van der Waals surface area contributed by atoms with E-state index in [1.165, 1.54) is 19.2 Å². The van der Waals surface area contributed by atoms with Gasteiger partial charge in [0.25, 0.3) is 0 Å². The van der Waals surface area contributed by atoms with Crippen LogP contribution in [0.3, 0.4) is 0 Å². The molecule has 2 heterocycles. The molecule has 132 valence electrons. The minimum absolute atomic E-state index is 0.119. The first kappa shape index (κ1) is 16.1. The lowest BCUT2D eigenvalue weighted by Gasteiger charge is -2.30. The molecule has 2 aromatic rings. The van der Waals surface area contributed by atoms with E-state index in [0.29, 0.717) is 18.6 Å². The average molecular weight is 341 g/mol. The second kappa shape index (κ2) is 7.23. The Kier molecular flexibility index (Phi) is 4.65. The quantitative estimate of drug-likeness (QED) is 0.778. The fourth-order valence-electron chi connectivity index (χ4n) is 3.35. The molecule has 0 radical (unpaired) electrons. The van der Waals surface area contributed by atoms with Gasteiger partial charge in [-0.1, -0.05) is 18.2 Å².